The van der Waals surface area contributed by atoms with Crippen LogP contribution in [-0.4, -0.2) is 33.4 Å². The molecule has 0 N–H and O–H groups in total. The van der Waals surface area contributed by atoms with Gasteiger partial charge in [-0.15, -0.1) is 0 Å². The molecule has 1 aliphatic heterocycles. The zero-order chi connectivity index (χ0) is 14.7. The average Bonchev–Trinajstić information content (AvgIpc) is 2.41. The molecule has 108 valence electrons. The highest BCUT2D eigenvalue weighted by molar-refractivity contribution is 5.76. The monoisotopic (exact) mass is 279 g/mol. The first-order valence-corrected chi connectivity index (χ1v) is 6.60. The fraction of sp³-hybridized carbons (Fsp3) is 0.538. The van der Waals surface area contributed by atoms with Crippen molar-refractivity contribution in [2.24, 2.45) is 5.92 Å². The molecule has 0 spiro atoms. The van der Waals surface area contributed by atoms with Gasteiger partial charge in [-0.3, -0.25) is 24.3 Å². The maximum atomic E-state index is 12.1. The number of hydrogen-bond acceptors (Lipinski definition) is 4. The molecular formula is C13H17N3O4. The summed E-state index contributed by atoms with van der Waals surface area (Å²) in [5.74, 6) is 0.444. The number of pyridine rings is 1. The normalized spacial score (nSPS) is 16.1. The quantitative estimate of drug-likeness (QED) is 0.610. The maximum absolute atomic E-state index is 12.1. The van der Waals surface area contributed by atoms with Gasteiger partial charge in [-0.05, 0) is 18.8 Å². The summed E-state index contributed by atoms with van der Waals surface area (Å²) in [6, 6.07) is 2.26. The van der Waals surface area contributed by atoms with Crippen molar-refractivity contribution in [1.82, 2.24) is 9.47 Å². The van der Waals surface area contributed by atoms with E-state index in [2.05, 4.69) is 6.92 Å². The maximum Gasteiger partial charge on any atom is 0.285 e. The van der Waals surface area contributed by atoms with Crippen molar-refractivity contribution < 1.29 is 9.72 Å². The number of piperidine rings is 1. The van der Waals surface area contributed by atoms with Crippen LogP contribution in [0.1, 0.15) is 19.8 Å². The zero-order valence-corrected chi connectivity index (χ0v) is 11.3. The zero-order valence-electron chi connectivity index (χ0n) is 11.3. The SMILES string of the molecule is CC1CCN(C(=O)Cn2cc([N+](=O)[O-])ccc2=O)CC1. The molecule has 1 aromatic heterocycles. The first-order valence-electron chi connectivity index (χ1n) is 6.60. The van der Waals surface area contributed by atoms with Crippen molar-refractivity contribution in [2.45, 2.75) is 26.3 Å². The van der Waals surface area contributed by atoms with Crippen LogP contribution < -0.4 is 5.56 Å². The van der Waals surface area contributed by atoms with Crippen molar-refractivity contribution in [3.8, 4) is 0 Å². The summed E-state index contributed by atoms with van der Waals surface area (Å²) in [6.07, 6.45) is 3.03. The van der Waals surface area contributed by atoms with Crippen LogP contribution in [0.3, 0.4) is 0 Å². The van der Waals surface area contributed by atoms with Crippen LogP contribution in [0, 0.1) is 16.0 Å². The van der Waals surface area contributed by atoms with E-state index in [4.69, 9.17) is 0 Å². The minimum absolute atomic E-state index is 0.144. The molecule has 1 fully saturated rings. The van der Waals surface area contributed by atoms with Crippen LogP contribution >= 0.6 is 0 Å². The van der Waals surface area contributed by atoms with Crippen LogP contribution in [0.4, 0.5) is 5.69 Å². The molecule has 2 rings (SSSR count). The standard InChI is InChI=1S/C13H17N3O4/c1-10-4-6-14(7-5-10)13(18)9-15-8-11(16(19)20)2-3-12(15)17/h2-3,8,10H,4-7,9H2,1H3. The number of carbonyl (C=O) groups is 1. The van der Waals surface area contributed by atoms with Gasteiger partial charge in [0.15, 0.2) is 0 Å². The molecule has 1 aromatic rings. The number of carbonyl (C=O) groups excluding carboxylic acids is 1. The Morgan fingerprint density at radius 1 is 1.40 bits per heavy atom. The molecule has 0 aromatic carbocycles. The van der Waals surface area contributed by atoms with Gasteiger partial charge in [0.2, 0.25) is 5.91 Å². The van der Waals surface area contributed by atoms with Gasteiger partial charge in [0.25, 0.3) is 11.2 Å². The molecule has 0 saturated carbocycles. The molecule has 0 bridgehead atoms. The smallest absolute Gasteiger partial charge is 0.285 e. The minimum Gasteiger partial charge on any atom is -0.341 e. The summed E-state index contributed by atoms with van der Waals surface area (Å²) >= 11 is 0. The lowest BCUT2D eigenvalue weighted by Gasteiger charge is -2.30. The van der Waals surface area contributed by atoms with Crippen LogP contribution in [0.5, 0.6) is 0 Å². The molecule has 0 atom stereocenters. The summed E-state index contributed by atoms with van der Waals surface area (Å²) < 4.78 is 1.10. The van der Waals surface area contributed by atoms with Gasteiger partial charge in [-0.25, -0.2) is 0 Å². The topological polar surface area (TPSA) is 85.4 Å². The highest BCUT2D eigenvalue weighted by Crippen LogP contribution is 2.16. The molecule has 7 heteroatoms. The van der Waals surface area contributed by atoms with Crippen LogP contribution in [0.15, 0.2) is 23.1 Å². The summed E-state index contributed by atoms with van der Waals surface area (Å²) in [4.78, 5) is 35.6. The Labute approximate surface area is 116 Å². The Balaban J connectivity index is 2.09. The van der Waals surface area contributed by atoms with Crippen molar-refractivity contribution in [2.75, 3.05) is 13.1 Å². The second-order valence-corrected chi connectivity index (χ2v) is 5.17. The third-order valence-electron chi connectivity index (χ3n) is 3.62. The van der Waals surface area contributed by atoms with E-state index in [-0.39, 0.29) is 18.1 Å². The molecule has 0 radical (unpaired) electrons. The molecule has 0 unspecified atom stereocenters. The first-order chi connectivity index (χ1) is 9.47. The molecule has 2 heterocycles. The van der Waals surface area contributed by atoms with Crippen LogP contribution in [-0.2, 0) is 11.3 Å². The molecule has 0 aliphatic carbocycles. The van der Waals surface area contributed by atoms with Crippen molar-refractivity contribution >= 4 is 11.6 Å². The Morgan fingerprint density at radius 2 is 2.05 bits per heavy atom. The summed E-state index contributed by atoms with van der Waals surface area (Å²) in [7, 11) is 0. The summed E-state index contributed by atoms with van der Waals surface area (Å²) in [5, 5.41) is 10.7. The molecule has 1 saturated heterocycles. The Kier molecular flexibility index (Phi) is 4.16. The minimum atomic E-state index is -0.580. The summed E-state index contributed by atoms with van der Waals surface area (Å²) in [5.41, 5.74) is -0.598. The highest BCUT2D eigenvalue weighted by Gasteiger charge is 2.21. The van der Waals surface area contributed by atoms with E-state index in [1.807, 2.05) is 0 Å². The Hall–Kier alpha value is -2.18. The van der Waals surface area contributed by atoms with Crippen molar-refractivity contribution in [1.29, 1.82) is 0 Å². The number of rotatable bonds is 3. The van der Waals surface area contributed by atoms with Gasteiger partial charge in [0.1, 0.15) is 6.54 Å². The van der Waals surface area contributed by atoms with Crippen LogP contribution in [0.25, 0.3) is 0 Å². The number of nitrogens with zero attached hydrogens (tertiary/aromatic N) is 3. The second-order valence-electron chi connectivity index (χ2n) is 5.17. The van der Waals surface area contributed by atoms with E-state index in [0.717, 1.165) is 35.7 Å². The van der Waals surface area contributed by atoms with E-state index >= 15 is 0 Å². The lowest BCUT2D eigenvalue weighted by Crippen LogP contribution is -2.41. The van der Waals surface area contributed by atoms with E-state index in [1.54, 1.807) is 4.90 Å². The van der Waals surface area contributed by atoms with Crippen molar-refractivity contribution in [3.05, 3.63) is 38.8 Å². The van der Waals surface area contributed by atoms with Gasteiger partial charge in [-0.2, -0.15) is 0 Å². The lowest BCUT2D eigenvalue weighted by atomic mass is 9.99. The number of nitro groups is 1. The molecular weight excluding hydrogens is 262 g/mol. The Bertz CT molecular complexity index is 573. The van der Waals surface area contributed by atoms with Gasteiger partial charge < -0.3 is 4.90 Å². The van der Waals surface area contributed by atoms with Gasteiger partial charge in [0, 0.05) is 25.2 Å². The van der Waals surface area contributed by atoms with Gasteiger partial charge >= 0.3 is 0 Å². The van der Waals surface area contributed by atoms with E-state index < -0.39 is 10.5 Å². The number of aromatic nitrogens is 1. The molecule has 1 aliphatic rings. The number of amides is 1. The van der Waals surface area contributed by atoms with E-state index in [0.29, 0.717) is 19.0 Å². The third-order valence-corrected chi connectivity index (χ3v) is 3.62. The first kappa shape index (κ1) is 14.2. The lowest BCUT2D eigenvalue weighted by molar-refractivity contribution is -0.385. The molecule has 1 amide bonds. The van der Waals surface area contributed by atoms with Crippen molar-refractivity contribution in [3.63, 3.8) is 0 Å². The highest BCUT2D eigenvalue weighted by atomic mass is 16.6. The fourth-order valence-electron chi connectivity index (χ4n) is 2.25. The average molecular weight is 279 g/mol. The van der Waals surface area contributed by atoms with Gasteiger partial charge in [0.05, 0.1) is 11.1 Å². The Morgan fingerprint density at radius 3 is 2.65 bits per heavy atom. The molecule has 7 nitrogen and oxygen atoms in total. The van der Waals surface area contributed by atoms with Crippen LogP contribution in [0.2, 0.25) is 0 Å². The fourth-order valence-corrected chi connectivity index (χ4v) is 2.25. The number of likely N-dealkylation sites (tertiary alicyclic amines) is 1. The largest absolute Gasteiger partial charge is 0.341 e. The van der Waals surface area contributed by atoms with E-state index in [1.165, 1.54) is 0 Å². The third kappa shape index (κ3) is 3.23. The predicted octanol–water partition coefficient (Wildman–Crippen LogP) is 1.01. The molecule has 20 heavy (non-hydrogen) atoms. The summed E-state index contributed by atoms with van der Waals surface area (Å²) in [6.45, 7) is 3.37. The predicted molar refractivity (Wildman–Crippen MR) is 72.3 cm³/mol. The van der Waals surface area contributed by atoms with Gasteiger partial charge in [-0.1, -0.05) is 6.92 Å². The second kappa shape index (κ2) is 5.85. The van der Waals surface area contributed by atoms with E-state index in [9.17, 15) is 19.7 Å². The number of hydrogen-bond donors (Lipinski definition) is 0.